The van der Waals surface area contributed by atoms with Crippen molar-refractivity contribution in [2.24, 2.45) is 0 Å². The third-order valence-corrected chi connectivity index (χ3v) is 6.11. The Labute approximate surface area is 157 Å². The monoisotopic (exact) mass is 389 g/mol. The Morgan fingerprint density at radius 3 is 2.69 bits per heavy atom. The van der Waals surface area contributed by atoms with Crippen LogP contribution in [-0.4, -0.2) is 30.7 Å². The molecule has 0 radical (unpaired) electrons. The van der Waals surface area contributed by atoms with Crippen LogP contribution in [0.4, 0.5) is 0 Å². The standard InChI is InChI=1S/C18H19N3O3S2/c1-14-17(25-18(21-14)15-6-5-9-19-12-15)13-20-26(22,23)11-10-24-16-7-3-2-4-8-16/h2-9,12,20H,10-11,13H2,1H3. The Bertz CT molecular complexity index is 942. The van der Waals surface area contributed by atoms with Gasteiger partial charge in [0.15, 0.2) is 0 Å². The molecule has 26 heavy (non-hydrogen) atoms. The van der Waals surface area contributed by atoms with Crippen molar-refractivity contribution in [2.45, 2.75) is 13.5 Å². The summed E-state index contributed by atoms with van der Waals surface area (Å²) in [5.74, 6) is 0.553. The highest BCUT2D eigenvalue weighted by Crippen LogP contribution is 2.27. The van der Waals surface area contributed by atoms with E-state index >= 15 is 0 Å². The highest BCUT2D eigenvalue weighted by Gasteiger charge is 2.14. The van der Waals surface area contributed by atoms with E-state index in [-0.39, 0.29) is 18.9 Å². The van der Waals surface area contributed by atoms with Crippen molar-refractivity contribution >= 4 is 21.4 Å². The first-order chi connectivity index (χ1) is 12.5. The normalized spacial score (nSPS) is 11.4. The fourth-order valence-electron chi connectivity index (χ4n) is 2.24. The number of pyridine rings is 1. The van der Waals surface area contributed by atoms with E-state index in [1.54, 1.807) is 24.5 Å². The highest BCUT2D eigenvalue weighted by molar-refractivity contribution is 7.89. The minimum Gasteiger partial charge on any atom is -0.492 e. The average Bonchev–Trinajstić information content (AvgIpc) is 3.02. The van der Waals surface area contributed by atoms with Crippen molar-refractivity contribution in [3.8, 4) is 16.3 Å². The van der Waals surface area contributed by atoms with Gasteiger partial charge in [-0.25, -0.2) is 18.1 Å². The van der Waals surface area contributed by atoms with Crippen molar-refractivity contribution in [3.63, 3.8) is 0 Å². The zero-order valence-electron chi connectivity index (χ0n) is 14.3. The smallest absolute Gasteiger partial charge is 0.215 e. The summed E-state index contributed by atoms with van der Waals surface area (Å²) in [7, 11) is -3.43. The minimum atomic E-state index is -3.43. The predicted octanol–water partition coefficient (Wildman–Crippen LogP) is 3.01. The van der Waals surface area contributed by atoms with Gasteiger partial charge in [-0.3, -0.25) is 4.98 Å². The molecule has 0 amide bonds. The first kappa shape index (κ1) is 18.5. The van der Waals surface area contributed by atoms with Gasteiger partial charge in [-0.15, -0.1) is 11.3 Å². The molecule has 0 spiro atoms. The Hall–Kier alpha value is -2.29. The number of para-hydroxylation sites is 1. The van der Waals surface area contributed by atoms with Gasteiger partial charge < -0.3 is 4.74 Å². The second kappa shape index (κ2) is 8.39. The number of thiazole rings is 1. The first-order valence-electron chi connectivity index (χ1n) is 8.05. The Balaban J connectivity index is 1.55. The Morgan fingerprint density at radius 1 is 1.15 bits per heavy atom. The largest absolute Gasteiger partial charge is 0.492 e. The van der Waals surface area contributed by atoms with Crippen LogP contribution in [0.2, 0.25) is 0 Å². The molecule has 0 aliphatic rings. The molecular formula is C18H19N3O3S2. The number of benzene rings is 1. The van der Waals surface area contributed by atoms with Crippen molar-refractivity contribution in [1.29, 1.82) is 0 Å². The van der Waals surface area contributed by atoms with Crippen LogP contribution < -0.4 is 9.46 Å². The van der Waals surface area contributed by atoms with E-state index in [0.717, 1.165) is 21.1 Å². The molecule has 136 valence electrons. The lowest BCUT2D eigenvalue weighted by Gasteiger charge is -2.08. The van der Waals surface area contributed by atoms with Crippen molar-refractivity contribution in [3.05, 3.63) is 65.4 Å². The van der Waals surface area contributed by atoms with Gasteiger partial charge in [0.05, 0.1) is 11.4 Å². The van der Waals surface area contributed by atoms with E-state index in [1.807, 2.05) is 37.3 Å². The summed E-state index contributed by atoms with van der Waals surface area (Å²) < 4.78 is 32.4. The van der Waals surface area contributed by atoms with Gasteiger partial charge in [0.2, 0.25) is 10.0 Å². The molecule has 3 rings (SSSR count). The number of hydrogen-bond acceptors (Lipinski definition) is 6. The summed E-state index contributed by atoms with van der Waals surface area (Å²) >= 11 is 1.46. The predicted molar refractivity (Wildman–Crippen MR) is 103 cm³/mol. The van der Waals surface area contributed by atoms with E-state index in [4.69, 9.17) is 4.74 Å². The molecule has 0 aliphatic carbocycles. The molecule has 0 unspecified atom stereocenters. The van der Waals surface area contributed by atoms with Crippen LogP contribution in [0, 0.1) is 6.92 Å². The molecule has 1 N–H and O–H groups in total. The van der Waals surface area contributed by atoms with Crippen molar-refractivity contribution < 1.29 is 13.2 Å². The molecule has 3 aromatic rings. The summed E-state index contributed by atoms with van der Waals surface area (Å²) in [5, 5.41) is 0.831. The van der Waals surface area contributed by atoms with Crippen LogP contribution in [0.5, 0.6) is 5.75 Å². The molecule has 0 atom stereocenters. The number of sulfonamides is 1. The third kappa shape index (κ3) is 5.10. The molecule has 0 bridgehead atoms. The molecule has 0 aliphatic heterocycles. The SMILES string of the molecule is Cc1nc(-c2cccnc2)sc1CNS(=O)(=O)CCOc1ccccc1. The zero-order chi connectivity index (χ0) is 18.4. The van der Waals surface area contributed by atoms with E-state index in [1.165, 1.54) is 11.3 Å². The number of nitrogens with one attached hydrogen (secondary N) is 1. The van der Waals surface area contributed by atoms with Gasteiger partial charge in [0.25, 0.3) is 0 Å². The number of nitrogens with zero attached hydrogens (tertiary/aromatic N) is 2. The van der Waals surface area contributed by atoms with Crippen LogP contribution in [0.1, 0.15) is 10.6 Å². The van der Waals surface area contributed by atoms with Crippen molar-refractivity contribution in [1.82, 2.24) is 14.7 Å². The van der Waals surface area contributed by atoms with Gasteiger partial charge in [0, 0.05) is 29.4 Å². The van der Waals surface area contributed by atoms with E-state index in [0.29, 0.717) is 5.75 Å². The summed E-state index contributed by atoms with van der Waals surface area (Å²) in [6.07, 6.45) is 3.45. The fraction of sp³-hybridized carbons (Fsp3) is 0.222. The van der Waals surface area contributed by atoms with Gasteiger partial charge in [0.1, 0.15) is 17.4 Å². The van der Waals surface area contributed by atoms with E-state index in [2.05, 4.69) is 14.7 Å². The number of ether oxygens (including phenoxy) is 1. The molecule has 2 aromatic heterocycles. The quantitative estimate of drug-likeness (QED) is 0.640. The number of aromatic nitrogens is 2. The zero-order valence-corrected chi connectivity index (χ0v) is 15.9. The Morgan fingerprint density at radius 2 is 1.96 bits per heavy atom. The number of aryl methyl sites for hydroxylation is 1. The molecule has 6 nitrogen and oxygen atoms in total. The maximum absolute atomic E-state index is 12.2. The van der Waals surface area contributed by atoms with E-state index < -0.39 is 10.0 Å². The van der Waals surface area contributed by atoms with Crippen molar-refractivity contribution in [2.75, 3.05) is 12.4 Å². The van der Waals surface area contributed by atoms with Gasteiger partial charge in [-0.05, 0) is 31.2 Å². The maximum Gasteiger partial charge on any atom is 0.215 e. The molecule has 8 heteroatoms. The number of rotatable bonds is 8. The molecular weight excluding hydrogens is 370 g/mol. The second-order valence-corrected chi connectivity index (χ2v) is 8.58. The molecule has 0 fully saturated rings. The topological polar surface area (TPSA) is 81.2 Å². The highest BCUT2D eigenvalue weighted by atomic mass is 32.2. The lowest BCUT2D eigenvalue weighted by molar-refractivity contribution is 0.340. The summed E-state index contributed by atoms with van der Waals surface area (Å²) in [6.45, 7) is 2.19. The van der Waals surface area contributed by atoms with Gasteiger partial charge >= 0.3 is 0 Å². The lowest BCUT2D eigenvalue weighted by Crippen LogP contribution is -2.28. The average molecular weight is 390 g/mol. The van der Waals surface area contributed by atoms with Gasteiger partial charge in [-0.1, -0.05) is 18.2 Å². The maximum atomic E-state index is 12.2. The fourth-order valence-corrected chi connectivity index (χ4v) is 4.13. The van der Waals surface area contributed by atoms with Crippen LogP contribution in [0.3, 0.4) is 0 Å². The molecule has 1 aromatic carbocycles. The summed E-state index contributed by atoms with van der Waals surface area (Å²) in [5.41, 5.74) is 1.74. The molecule has 2 heterocycles. The van der Waals surface area contributed by atoms with Gasteiger partial charge in [-0.2, -0.15) is 0 Å². The molecule has 0 saturated carbocycles. The van der Waals surface area contributed by atoms with E-state index in [9.17, 15) is 8.42 Å². The van der Waals surface area contributed by atoms with Crippen LogP contribution in [0.25, 0.3) is 10.6 Å². The minimum absolute atomic E-state index is 0.0992. The third-order valence-electron chi connectivity index (χ3n) is 3.62. The lowest BCUT2D eigenvalue weighted by atomic mass is 10.3. The second-order valence-electron chi connectivity index (χ2n) is 5.57. The van der Waals surface area contributed by atoms with Crippen LogP contribution in [-0.2, 0) is 16.6 Å². The summed E-state index contributed by atoms with van der Waals surface area (Å²) in [6, 6.07) is 12.9. The Kier molecular flexibility index (Phi) is 5.97. The first-order valence-corrected chi connectivity index (χ1v) is 10.5. The summed E-state index contributed by atoms with van der Waals surface area (Å²) in [4.78, 5) is 9.47. The van der Waals surface area contributed by atoms with Crippen LogP contribution in [0.15, 0.2) is 54.9 Å². The number of hydrogen-bond donors (Lipinski definition) is 1. The molecule has 0 saturated heterocycles. The van der Waals surface area contributed by atoms with Crippen LogP contribution >= 0.6 is 11.3 Å².